The summed E-state index contributed by atoms with van der Waals surface area (Å²) >= 11 is 3.40. The van der Waals surface area contributed by atoms with Gasteiger partial charge in [-0.25, -0.2) is 0 Å². The monoisotopic (exact) mass is 255 g/mol. The number of rotatable bonds is 2. The van der Waals surface area contributed by atoms with Crippen molar-refractivity contribution in [2.24, 2.45) is 0 Å². The molecule has 4 heteroatoms. The molecule has 0 amide bonds. The van der Waals surface area contributed by atoms with Crippen LogP contribution in [0.4, 0.5) is 0 Å². The summed E-state index contributed by atoms with van der Waals surface area (Å²) in [7, 11) is 0. The van der Waals surface area contributed by atoms with E-state index in [9.17, 15) is 10.1 Å². The van der Waals surface area contributed by atoms with Crippen LogP contribution in [0.15, 0.2) is 22.8 Å². The third-order valence-corrected chi connectivity index (χ3v) is 2.78. The van der Waals surface area contributed by atoms with Crippen LogP contribution in [0, 0.1) is 24.0 Å². The molecular formula is C10H10BrNO2. The third-order valence-electron chi connectivity index (χ3n) is 1.92. The summed E-state index contributed by atoms with van der Waals surface area (Å²) in [5.41, 5.74) is 2.96. The molecule has 0 saturated heterocycles. The normalized spacial score (nSPS) is 10.8. The van der Waals surface area contributed by atoms with Gasteiger partial charge in [0.05, 0.1) is 4.92 Å². The Labute approximate surface area is 90.7 Å². The van der Waals surface area contributed by atoms with Crippen molar-refractivity contribution in [3.63, 3.8) is 0 Å². The van der Waals surface area contributed by atoms with Gasteiger partial charge in [-0.15, -0.1) is 0 Å². The van der Waals surface area contributed by atoms with E-state index < -0.39 is 4.92 Å². The summed E-state index contributed by atoms with van der Waals surface area (Å²) in [5, 5.41) is 10.1. The SMILES string of the molecule is Cc1cc(/C=C/[N+](=O)[O-])c(C)cc1Br. The number of hydrogen-bond donors (Lipinski definition) is 0. The minimum atomic E-state index is -0.461. The molecule has 0 bridgehead atoms. The van der Waals surface area contributed by atoms with E-state index in [1.165, 1.54) is 6.08 Å². The van der Waals surface area contributed by atoms with Gasteiger partial charge in [-0.05, 0) is 36.6 Å². The first kappa shape index (κ1) is 10.9. The molecule has 0 spiro atoms. The largest absolute Gasteiger partial charge is 0.259 e. The van der Waals surface area contributed by atoms with Gasteiger partial charge in [-0.3, -0.25) is 10.1 Å². The molecule has 0 N–H and O–H groups in total. The fourth-order valence-corrected chi connectivity index (χ4v) is 1.58. The Balaban J connectivity index is 3.10. The zero-order valence-electron chi connectivity index (χ0n) is 7.95. The molecule has 0 unspecified atom stereocenters. The molecule has 1 rings (SSSR count). The maximum atomic E-state index is 10.1. The van der Waals surface area contributed by atoms with E-state index in [1.54, 1.807) is 0 Å². The van der Waals surface area contributed by atoms with Crippen molar-refractivity contribution in [1.82, 2.24) is 0 Å². The van der Waals surface area contributed by atoms with Gasteiger partial charge in [0.2, 0.25) is 6.20 Å². The van der Waals surface area contributed by atoms with Gasteiger partial charge >= 0.3 is 0 Å². The summed E-state index contributed by atoms with van der Waals surface area (Å²) < 4.78 is 1.02. The topological polar surface area (TPSA) is 43.1 Å². The van der Waals surface area contributed by atoms with Crippen molar-refractivity contribution in [1.29, 1.82) is 0 Å². The molecule has 0 aliphatic heterocycles. The Morgan fingerprint density at radius 1 is 1.36 bits per heavy atom. The highest BCUT2D eigenvalue weighted by atomic mass is 79.9. The van der Waals surface area contributed by atoms with E-state index in [2.05, 4.69) is 15.9 Å². The molecule has 0 saturated carbocycles. The van der Waals surface area contributed by atoms with E-state index in [0.29, 0.717) is 0 Å². The predicted octanol–water partition coefficient (Wildman–Crippen LogP) is 3.31. The van der Waals surface area contributed by atoms with Gasteiger partial charge in [0.25, 0.3) is 0 Å². The molecule has 0 radical (unpaired) electrons. The summed E-state index contributed by atoms with van der Waals surface area (Å²) in [6.07, 6.45) is 2.46. The Morgan fingerprint density at radius 3 is 2.57 bits per heavy atom. The highest BCUT2D eigenvalue weighted by molar-refractivity contribution is 9.10. The number of halogens is 1. The zero-order chi connectivity index (χ0) is 10.7. The quantitative estimate of drug-likeness (QED) is 0.601. The number of nitrogens with zero attached hydrogens (tertiary/aromatic N) is 1. The maximum Gasteiger partial charge on any atom is 0.235 e. The fraction of sp³-hybridized carbons (Fsp3) is 0.200. The second-order valence-corrected chi connectivity index (χ2v) is 3.91. The van der Waals surface area contributed by atoms with E-state index in [0.717, 1.165) is 27.4 Å². The third kappa shape index (κ3) is 2.67. The van der Waals surface area contributed by atoms with E-state index in [-0.39, 0.29) is 0 Å². The molecule has 0 fully saturated rings. The molecule has 0 aliphatic carbocycles. The van der Waals surface area contributed by atoms with Crippen molar-refractivity contribution in [3.05, 3.63) is 49.6 Å². The van der Waals surface area contributed by atoms with Gasteiger partial charge in [0.1, 0.15) is 0 Å². The van der Waals surface area contributed by atoms with Gasteiger partial charge in [0.15, 0.2) is 0 Å². The lowest BCUT2D eigenvalue weighted by Gasteiger charge is -2.03. The first-order valence-corrected chi connectivity index (χ1v) is 4.88. The molecule has 1 aromatic rings. The average Bonchev–Trinajstić information content (AvgIpc) is 2.09. The van der Waals surface area contributed by atoms with Crippen LogP contribution in [0.5, 0.6) is 0 Å². The lowest BCUT2D eigenvalue weighted by atomic mass is 10.1. The van der Waals surface area contributed by atoms with Crippen LogP contribution in [0.2, 0.25) is 0 Å². The minimum Gasteiger partial charge on any atom is -0.259 e. The van der Waals surface area contributed by atoms with Crippen LogP contribution in [0.1, 0.15) is 16.7 Å². The van der Waals surface area contributed by atoms with Gasteiger partial charge < -0.3 is 0 Å². The van der Waals surface area contributed by atoms with Gasteiger partial charge in [-0.2, -0.15) is 0 Å². The summed E-state index contributed by atoms with van der Waals surface area (Å²) in [5.74, 6) is 0. The molecule has 0 atom stereocenters. The molecule has 0 aliphatic rings. The lowest BCUT2D eigenvalue weighted by molar-refractivity contribution is -0.400. The highest BCUT2D eigenvalue weighted by Crippen LogP contribution is 2.21. The van der Waals surface area contributed by atoms with Crippen LogP contribution < -0.4 is 0 Å². The number of hydrogen-bond acceptors (Lipinski definition) is 2. The minimum absolute atomic E-state index is 0.461. The van der Waals surface area contributed by atoms with E-state index >= 15 is 0 Å². The van der Waals surface area contributed by atoms with Crippen LogP contribution in [-0.4, -0.2) is 4.92 Å². The highest BCUT2D eigenvalue weighted by Gasteiger charge is 2.00. The van der Waals surface area contributed by atoms with Crippen molar-refractivity contribution < 1.29 is 4.92 Å². The number of aryl methyl sites for hydroxylation is 2. The molecule has 1 aromatic carbocycles. The molecule has 14 heavy (non-hydrogen) atoms. The number of benzene rings is 1. The second-order valence-electron chi connectivity index (χ2n) is 3.06. The first-order chi connectivity index (χ1) is 6.50. The Bertz CT molecular complexity index is 399. The Morgan fingerprint density at radius 2 is 2.00 bits per heavy atom. The van der Waals surface area contributed by atoms with E-state index in [1.807, 2.05) is 26.0 Å². The molecule has 3 nitrogen and oxygen atoms in total. The van der Waals surface area contributed by atoms with Gasteiger partial charge in [0, 0.05) is 10.5 Å². The molecule has 0 heterocycles. The Hall–Kier alpha value is -1.16. The zero-order valence-corrected chi connectivity index (χ0v) is 9.54. The van der Waals surface area contributed by atoms with E-state index in [4.69, 9.17) is 0 Å². The maximum absolute atomic E-state index is 10.1. The molecular weight excluding hydrogens is 246 g/mol. The summed E-state index contributed by atoms with van der Waals surface area (Å²) in [6.45, 7) is 3.87. The lowest BCUT2D eigenvalue weighted by Crippen LogP contribution is -1.87. The van der Waals surface area contributed by atoms with Crippen molar-refractivity contribution >= 4 is 22.0 Å². The summed E-state index contributed by atoms with van der Waals surface area (Å²) in [6, 6.07) is 3.87. The van der Waals surface area contributed by atoms with Crippen LogP contribution in [0.25, 0.3) is 6.08 Å². The second kappa shape index (κ2) is 4.37. The molecule has 74 valence electrons. The van der Waals surface area contributed by atoms with Crippen molar-refractivity contribution in [2.75, 3.05) is 0 Å². The predicted molar refractivity (Wildman–Crippen MR) is 59.6 cm³/mol. The summed E-state index contributed by atoms with van der Waals surface area (Å²) in [4.78, 5) is 9.68. The number of nitro groups is 1. The van der Waals surface area contributed by atoms with Gasteiger partial charge in [-0.1, -0.05) is 22.0 Å². The fourth-order valence-electron chi connectivity index (χ4n) is 1.12. The Kier molecular flexibility index (Phi) is 3.41. The molecule has 0 aromatic heterocycles. The van der Waals surface area contributed by atoms with Crippen molar-refractivity contribution in [2.45, 2.75) is 13.8 Å². The first-order valence-electron chi connectivity index (χ1n) is 4.09. The standard InChI is InChI=1S/C10H10BrNO2/c1-7-6-10(11)8(2)5-9(7)3-4-12(13)14/h3-6H,1-2H3/b4-3+. The smallest absolute Gasteiger partial charge is 0.235 e. The van der Waals surface area contributed by atoms with Crippen LogP contribution in [-0.2, 0) is 0 Å². The van der Waals surface area contributed by atoms with Crippen LogP contribution >= 0.6 is 15.9 Å². The van der Waals surface area contributed by atoms with Crippen LogP contribution in [0.3, 0.4) is 0 Å². The van der Waals surface area contributed by atoms with Crippen molar-refractivity contribution in [3.8, 4) is 0 Å². The average molecular weight is 256 g/mol.